The number of rotatable bonds is 1. The molecule has 1 aliphatic rings. The Morgan fingerprint density at radius 1 is 1.60 bits per heavy atom. The summed E-state index contributed by atoms with van der Waals surface area (Å²) in [7, 11) is 4.00. The lowest BCUT2D eigenvalue weighted by Gasteiger charge is -2.28. The first-order valence-corrected chi connectivity index (χ1v) is 3.28. The fraction of sp³-hybridized carbons (Fsp3) is 0.429. The first kappa shape index (κ1) is 7.15. The van der Waals surface area contributed by atoms with Gasteiger partial charge in [-0.1, -0.05) is 0 Å². The second-order valence-corrected chi connectivity index (χ2v) is 2.49. The topological polar surface area (TPSA) is 32.5 Å². The third-order valence-electron chi connectivity index (χ3n) is 1.47. The molecule has 0 aromatic heterocycles. The zero-order valence-electron chi connectivity index (χ0n) is 6.41. The molecule has 0 bridgehead atoms. The molecule has 2 N–H and O–H groups in total. The average Bonchev–Trinajstić information content (AvgIpc) is 1.88. The van der Waals surface area contributed by atoms with Crippen molar-refractivity contribution in [2.45, 2.75) is 0 Å². The van der Waals surface area contributed by atoms with E-state index in [0.29, 0.717) is 0 Å². The molecule has 3 heteroatoms. The lowest BCUT2D eigenvalue weighted by molar-refractivity contribution is 0.0952. The highest BCUT2D eigenvalue weighted by Gasteiger charge is 2.02. The van der Waals surface area contributed by atoms with Crippen molar-refractivity contribution in [2.75, 3.05) is 20.6 Å². The Kier molecular flexibility index (Phi) is 1.97. The van der Waals surface area contributed by atoms with Gasteiger partial charge in [0.05, 0.1) is 6.54 Å². The molecule has 0 saturated carbocycles. The van der Waals surface area contributed by atoms with E-state index in [1.54, 1.807) is 0 Å². The summed E-state index contributed by atoms with van der Waals surface area (Å²) in [6, 6.07) is 0. The van der Waals surface area contributed by atoms with Crippen LogP contribution in [0.25, 0.3) is 0 Å². The van der Waals surface area contributed by atoms with Gasteiger partial charge in [0.15, 0.2) is 0 Å². The lowest BCUT2D eigenvalue weighted by Crippen LogP contribution is -2.34. The first-order chi connectivity index (χ1) is 4.70. The van der Waals surface area contributed by atoms with Crippen molar-refractivity contribution in [1.29, 1.82) is 0 Å². The van der Waals surface area contributed by atoms with Crippen molar-refractivity contribution in [3.63, 3.8) is 0 Å². The van der Waals surface area contributed by atoms with Crippen LogP contribution in [0.4, 0.5) is 0 Å². The summed E-state index contributed by atoms with van der Waals surface area (Å²) in [5, 5.41) is 4.08. The zero-order chi connectivity index (χ0) is 7.56. The third-order valence-corrected chi connectivity index (χ3v) is 1.47. The van der Waals surface area contributed by atoms with Gasteiger partial charge < -0.3 is 10.7 Å². The molecule has 0 aromatic rings. The van der Waals surface area contributed by atoms with Crippen molar-refractivity contribution in [3.05, 3.63) is 24.0 Å². The normalized spacial score (nSPS) is 17.9. The van der Waals surface area contributed by atoms with Gasteiger partial charge in [-0.15, -0.1) is 0 Å². The Bertz CT molecular complexity index is 170. The minimum absolute atomic E-state index is 0.845. The number of hydrazine groups is 1. The van der Waals surface area contributed by atoms with Gasteiger partial charge in [0.25, 0.3) is 0 Å². The maximum Gasteiger partial charge on any atom is 0.0543 e. The molecule has 1 aliphatic heterocycles. The number of hydrogen-bond donors (Lipinski definition) is 1. The molecule has 1 heterocycles. The molecule has 0 fully saturated rings. The van der Waals surface area contributed by atoms with Gasteiger partial charge in [0.1, 0.15) is 0 Å². The summed E-state index contributed by atoms with van der Waals surface area (Å²) >= 11 is 0. The smallest absolute Gasteiger partial charge is 0.0543 e. The van der Waals surface area contributed by atoms with Gasteiger partial charge in [-0.3, -0.25) is 0 Å². The van der Waals surface area contributed by atoms with E-state index >= 15 is 0 Å². The molecule has 0 saturated heterocycles. The van der Waals surface area contributed by atoms with E-state index in [1.807, 2.05) is 37.5 Å². The van der Waals surface area contributed by atoms with E-state index in [9.17, 15) is 0 Å². The summed E-state index contributed by atoms with van der Waals surface area (Å²) in [4.78, 5) is 0. The molecule has 0 atom stereocenters. The van der Waals surface area contributed by atoms with Gasteiger partial charge in [0.2, 0.25) is 0 Å². The van der Waals surface area contributed by atoms with Crippen LogP contribution < -0.4 is 5.73 Å². The lowest BCUT2D eigenvalue weighted by atomic mass is 10.3. The van der Waals surface area contributed by atoms with Gasteiger partial charge in [0, 0.05) is 26.0 Å². The van der Waals surface area contributed by atoms with Gasteiger partial charge in [-0.2, -0.15) is 0 Å². The molecule has 3 nitrogen and oxygen atoms in total. The van der Waals surface area contributed by atoms with Crippen LogP contribution in [0.15, 0.2) is 24.0 Å². The molecule has 0 spiro atoms. The predicted molar refractivity (Wildman–Crippen MR) is 41.8 cm³/mol. The molecule has 56 valence electrons. The van der Waals surface area contributed by atoms with Crippen LogP contribution in [-0.2, 0) is 0 Å². The molecule has 1 rings (SSSR count). The van der Waals surface area contributed by atoms with E-state index in [2.05, 4.69) is 5.01 Å². The Hall–Kier alpha value is -0.960. The van der Waals surface area contributed by atoms with E-state index in [4.69, 9.17) is 5.73 Å². The summed E-state index contributed by atoms with van der Waals surface area (Å²) in [6.07, 6.45) is 5.85. The van der Waals surface area contributed by atoms with E-state index in [1.165, 1.54) is 0 Å². The highest BCUT2D eigenvalue weighted by molar-refractivity contribution is 5.18. The second-order valence-electron chi connectivity index (χ2n) is 2.49. The van der Waals surface area contributed by atoms with E-state index in [0.717, 1.165) is 12.2 Å². The minimum Gasteiger partial charge on any atom is -0.399 e. The van der Waals surface area contributed by atoms with E-state index < -0.39 is 0 Å². The van der Waals surface area contributed by atoms with Crippen molar-refractivity contribution < 1.29 is 0 Å². The standard InChI is InChI=1S/C7H13N3/c1-9(2)10-5-3-7(8)4-6-10/h3-5H,6,8H2,1-2H3. The van der Waals surface area contributed by atoms with Crippen LogP contribution in [0.2, 0.25) is 0 Å². The number of hydrogen-bond acceptors (Lipinski definition) is 3. The largest absolute Gasteiger partial charge is 0.399 e. The van der Waals surface area contributed by atoms with Crippen molar-refractivity contribution >= 4 is 0 Å². The molecular weight excluding hydrogens is 126 g/mol. The van der Waals surface area contributed by atoms with Crippen LogP contribution in [-0.4, -0.2) is 30.7 Å². The fourth-order valence-electron chi connectivity index (χ4n) is 0.797. The SMILES string of the molecule is CN(C)N1C=CC(N)=CC1. The molecule has 0 aromatic carbocycles. The number of nitrogens with two attached hydrogens (primary N) is 1. The minimum atomic E-state index is 0.845. The molecule has 10 heavy (non-hydrogen) atoms. The molecule has 0 unspecified atom stereocenters. The molecule has 0 aliphatic carbocycles. The van der Waals surface area contributed by atoms with Crippen molar-refractivity contribution in [1.82, 2.24) is 10.0 Å². The molecule has 0 amide bonds. The maximum absolute atomic E-state index is 5.53. The summed E-state index contributed by atoms with van der Waals surface area (Å²) in [5.74, 6) is 0. The molecule has 0 radical (unpaired) electrons. The highest BCUT2D eigenvalue weighted by atomic mass is 15.6. The van der Waals surface area contributed by atoms with Gasteiger partial charge in [-0.25, -0.2) is 5.01 Å². The fourth-order valence-corrected chi connectivity index (χ4v) is 0.797. The number of nitrogens with zero attached hydrogens (tertiary/aromatic N) is 2. The van der Waals surface area contributed by atoms with Gasteiger partial charge in [-0.05, 0) is 12.2 Å². The summed E-state index contributed by atoms with van der Waals surface area (Å²) in [6.45, 7) is 0.870. The van der Waals surface area contributed by atoms with E-state index in [-0.39, 0.29) is 0 Å². The van der Waals surface area contributed by atoms with Crippen LogP contribution >= 0.6 is 0 Å². The Balaban J connectivity index is 2.52. The highest BCUT2D eigenvalue weighted by Crippen LogP contribution is 2.02. The average molecular weight is 139 g/mol. The maximum atomic E-state index is 5.53. The summed E-state index contributed by atoms with van der Waals surface area (Å²) in [5.41, 5.74) is 6.37. The van der Waals surface area contributed by atoms with Gasteiger partial charge >= 0.3 is 0 Å². The van der Waals surface area contributed by atoms with Crippen LogP contribution in [0.1, 0.15) is 0 Å². The number of allylic oxidation sites excluding steroid dienone is 1. The Morgan fingerprint density at radius 3 is 2.70 bits per heavy atom. The third kappa shape index (κ3) is 1.51. The van der Waals surface area contributed by atoms with Crippen LogP contribution in [0, 0.1) is 0 Å². The predicted octanol–water partition coefficient (Wildman–Crippen LogP) is 0.135. The quantitative estimate of drug-likeness (QED) is 0.560. The monoisotopic (exact) mass is 139 g/mol. The van der Waals surface area contributed by atoms with Crippen LogP contribution in [0.3, 0.4) is 0 Å². The zero-order valence-corrected chi connectivity index (χ0v) is 6.41. The summed E-state index contributed by atoms with van der Waals surface area (Å²) < 4.78 is 0. The van der Waals surface area contributed by atoms with Crippen LogP contribution in [0.5, 0.6) is 0 Å². The Labute approximate surface area is 61.4 Å². The van der Waals surface area contributed by atoms with Crippen molar-refractivity contribution in [3.8, 4) is 0 Å². The Morgan fingerprint density at radius 2 is 2.30 bits per heavy atom. The van der Waals surface area contributed by atoms with Crippen molar-refractivity contribution in [2.24, 2.45) is 5.73 Å². The first-order valence-electron chi connectivity index (χ1n) is 3.28. The second kappa shape index (κ2) is 2.75. The molecular formula is C7H13N3.